The van der Waals surface area contributed by atoms with Gasteiger partial charge in [-0.2, -0.15) is 0 Å². The molecule has 0 radical (unpaired) electrons. The molecule has 0 aliphatic carbocycles. The highest BCUT2D eigenvalue weighted by Crippen LogP contribution is 2.51. The molecule has 5 heterocycles. The molecule has 0 aliphatic rings. The Morgan fingerprint density at radius 1 is 0.179 bits per heavy atom. The van der Waals surface area contributed by atoms with Crippen LogP contribution in [0.2, 0.25) is 0 Å². The van der Waals surface area contributed by atoms with Crippen LogP contribution in [0.4, 0.5) is 0 Å². The Labute approximate surface area is 834 Å². The molecule has 27 aromatic carbocycles. The molecule has 0 aliphatic heterocycles. The summed E-state index contributed by atoms with van der Waals surface area (Å²) in [5.41, 5.74) is 32.4. The zero-order chi connectivity index (χ0) is 95.5. The van der Waals surface area contributed by atoms with Gasteiger partial charge in [-0.25, -0.2) is 0 Å². The van der Waals surface area contributed by atoms with Crippen LogP contribution in [0.3, 0.4) is 0 Å². The van der Waals surface area contributed by atoms with Crippen molar-refractivity contribution in [3.8, 4) is 83.8 Å². The Morgan fingerprint density at radius 2 is 0.490 bits per heavy atom. The number of benzene rings is 27. The molecule has 0 saturated carbocycles. The van der Waals surface area contributed by atoms with E-state index in [9.17, 15) is 0 Å². The zero-order valence-electron chi connectivity index (χ0n) is 79.8. The Kier molecular flexibility index (Phi) is 18.2. The van der Waals surface area contributed by atoms with E-state index in [1.807, 2.05) is 18.3 Å². The van der Waals surface area contributed by atoms with Gasteiger partial charge >= 0.3 is 0 Å². The minimum absolute atomic E-state index is 0.922. The first kappa shape index (κ1) is 82.1. The van der Waals surface area contributed by atoms with E-state index in [-0.39, 0.29) is 0 Å². The number of pyridine rings is 1. The van der Waals surface area contributed by atoms with Gasteiger partial charge in [-0.3, -0.25) is 4.98 Å². The molecule has 674 valence electrons. The van der Waals surface area contributed by atoms with E-state index < -0.39 is 0 Å². The predicted molar refractivity (Wildman–Crippen MR) is 618 cm³/mol. The smallest absolute Gasteiger partial charge is 0.145 e. The minimum atomic E-state index is 0.922. The molecule has 5 heteroatoms. The fourth-order valence-electron chi connectivity index (χ4n) is 24.7. The van der Waals surface area contributed by atoms with Crippen LogP contribution in [0, 0.1) is 20.8 Å². The molecule has 0 bridgehead atoms. The summed E-state index contributed by atoms with van der Waals surface area (Å²) in [6.07, 6.45) is 1.87. The van der Waals surface area contributed by atoms with Crippen molar-refractivity contribution < 1.29 is 4.42 Å². The Balaban J connectivity index is 0.000000101. The van der Waals surface area contributed by atoms with Crippen molar-refractivity contribution >= 4 is 217 Å². The van der Waals surface area contributed by atoms with Gasteiger partial charge in [0.1, 0.15) is 11.2 Å². The van der Waals surface area contributed by atoms with E-state index in [1.165, 1.54) is 262 Å². The first-order chi connectivity index (χ1) is 71.6. The summed E-state index contributed by atoms with van der Waals surface area (Å²) in [6, 6.07) is 174. The standard InChI is InChI=1S/C49H31N.C47H29NO.C44H28N2/c1-30-14-16-31(17-15-30)36-26-20-33-23-29-42-37(27-21-34-22-28-41(36)46(33)47(34)42)32-18-24-35(25-19-32)50-45-13-7-6-12-44(45)48-40-10-4-2-8-38(40)39-9-3-5-11-43(39)49(48)50;1-28-10-12-29(13-11-28)34-22-16-31-19-25-38-35(23-17-32-18-24-37(34)44(31)45(32)38)30-14-20-33(21-15-30)48-41-8-4-2-7-40(41)46-42(48)27-26-39-36-6-3-5-9-43(36)49-47(39)46;1-27-8-10-28(11-9-27)34-20-14-30-17-23-38-35(21-15-31-16-22-37(34)43(30)44(31)38)29-12-18-33(19-13-29)46-41-7-3-2-6-36(41)39-26-40-32(25-42(39)46)5-4-24-45-40/h2-29H,1H3;2-27H,1H3;2-26H,1H3. The maximum atomic E-state index is 6.51. The van der Waals surface area contributed by atoms with Gasteiger partial charge in [-0.05, 0) is 292 Å². The zero-order valence-corrected chi connectivity index (χ0v) is 79.8. The first-order valence-electron chi connectivity index (χ1n) is 50.2. The molecule has 5 aromatic heterocycles. The highest BCUT2D eigenvalue weighted by molar-refractivity contribution is 6.35. The van der Waals surface area contributed by atoms with Crippen LogP contribution in [0.5, 0.6) is 0 Å². The van der Waals surface area contributed by atoms with Crippen LogP contribution in [0.25, 0.3) is 301 Å². The first-order valence-corrected chi connectivity index (χ1v) is 50.2. The predicted octanol–water partition coefficient (Wildman–Crippen LogP) is 38.7. The van der Waals surface area contributed by atoms with E-state index in [4.69, 9.17) is 4.42 Å². The summed E-state index contributed by atoms with van der Waals surface area (Å²) >= 11 is 0. The lowest BCUT2D eigenvalue weighted by molar-refractivity contribution is 0.673. The normalized spacial score (nSPS) is 12.1. The number of nitrogens with zero attached hydrogens (tertiary/aromatic N) is 4. The number of rotatable bonds is 9. The molecule has 0 saturated heterocycles. The third-order valence-corrected chi connectivity index (χ3v) is 31.5. The fraction of sp³-hybridized carbons (Fsp3) is 0.0214. The number of fused-ring (bicyclic) bond motifs is 19. The molecular weight excluding hydrogens is 1750 g/mol. The van der Waals surface area contributed by atoms with Crippen molar-refractivity contribution in [2.75, 3.05) is 0 Å². The Bertz CT molecular complexity index is 11000. The third-order valence-electron chi connectivity index (χ3n) is 31.5. The van der Waals surface area contributed by atoms with E-state index in [0.717, 1.165) is 55.1 Å². The third kappa shape index (κ3) is 12.7. The number of hydrogen-bond acceptors (Lipinski definition) is 2. The topological polar surface area (TPSA) is 40.8 Å². The molecule has 0 atom stereocenters. The van der Waals surface area contributed by atoms with Crippen molar-refractivity contribution in [2.24, 2.45) is 0 Å². The molecule has 0 amide bonds. The van der Waals surface area contributed by atoms with Crippen LogP contribution < -0.4 is 0 Å². The van der Waals surface area contributed by atoms with Gasteiger partial charge in [0.2, 0.25) is 0 Å². The van der Waals surface area contributed by atoms with E-state index in [0.29, 0.717) is 0 Å². The monoisotopic (exact) mass is 1840 g/mol. The Morgan fingerprint density at radius 3 is 0.910 bits per heavy atom. The molecular formula is C140H88N4O. The molecule has 0 fully saturated rings. The maximum absolute atomic E-state index is 6.51. The van der Waals surface area contributed by atoms with Gasteiger partial charge < -0.3 is 18.1 Å². The summed E-state index contributed by atoms with van der Waals surface area (Å²) in [5, 5.41) is 39.6. The molecule has 145 heavy (non-hydrogen) atoms. The maximum Gasteiger partial charge on any atom is 0.145 e. The highest BCUT2D eigenvalue weighted by atomic mass is 16.3. The van der Waals surface area contributed by atoms with Crippen molar-refractivity contribution in [1.29, 1.82) is 0 Å². The number of hydrogen-bond donors (Lipinski definition) is 0. The Hall–Kier alpha value is -18.8. The lowest BCUT2D eigenvalue weighted by atomic mass is 9.87. The number of aromatic nitrogens is 4. The van der Waals surface area contributed by atoms with Crippen LogP contribution in [-0.2, 0) is 0 Å². The van der Waals surface area contributed by atoms with Gasteiger partial charge in [-0.1, -0.05) is 399 Å². The molecule has 32 aromatic rings. The van der Waals surface area contributed by atoms with Crippen LogP contribution >= 0.6 is 0 Å². The number of aryl methyl sites for hydroxylation is 3. The summed E-state index contributed by atoms with van der Waals surface area (Å²) in [7, 11) is 0. The molecule has 5 nitrogen and oxygen atoms in total. The second kappa shape index (κ2) is 32.1. The molecule has 0 spiro atoms. The van der Waals surface area contributed by atoms with Gasteiger partial charge in [0.05, 0.1) is 44.0 Å². The van der Waals surface area contributed by atoms with Crippen molar-refractivity contribution in [3.05, 3.63) is 496 Å². The summed E-state index contributed by atoms with van der Waals surface area (Å²) in [6.45, 7) is 6.43. The average molecular weight is 1840 g/mol. The summed E-state index contributed by atoms with van der Waals surface area (Å²) in [5.74, 6) is 0. The minimum Gasteiger partial charge on any atom is -0.455 e. The largest absolute Gasteiger partial charge is 0.455 e. The fourth-order valence-corrected chi connectivity index (χ4v) is 24.7. The average Bonchev–Trinajstić information content (AvgIpc) is 1.70. The molecule has 32 rings (SSSR count). The number of para-hydroxylation sites is 4. The van der Waals surface area contributed by atoms with Gasteiger partial charge in [0.15, 0.2) is 0 Å². The van der Waals surface area contributed by atoms with Gasteiger partial charge in [0, 0.05) is 71.7 Å². The second-order valence-corrected chi connectivity index (χ2v) is 39.6. The van der Waals surface area contributed by atoms with Gasteiger partial charge in [-0.15, -0.1) is 0 Å². The van der Waals surface area contributed by atoms with E-state index in [1.54, 1.807) is 0 Å². The number of furan rings is 1. The van der Waals surface area contributed by atoms with Crippen LogP contribution in [-0.4, -0.2) is 18.7 Å². The molecule has 0 N–H and O–H groups in total. The second-order valence-electron chi connectivity index (χ2n) is 39.6. The van der Waals surface area contributed by atoms with Crippen molar-refractivity contribution in [1.82, 2.24) is 18.7 Å². The van der Waals surface area contributed by atoms with Gasteiger partial charge in [0.25, 0.3) is 0 Å². The van der Waals surface area contributed by atoms with Crippen molar-refractivity contribution in [3.63, 3.8) is 0 Å². The van der Waals surface area contributed by atoms with Crippen LogP contribution in [0.1, 0.15) is 16.7 Å². The lowest BCUT2D eigenvalue weighted by Gasteiger charge is -2.17. The quantitative estimate of drug-likeness (QED) is 0.135. The van der Waals surface area contributed by atoms with Crippen molar-refractivity contribution in [2.45, 2.75) is 20.8 Å². The summed E-state index contributed by atoms with van der Waals surface area (Å²) < 4.78 is 13.7. The van der Waals surface area contributed by atoms with Crippen LogP contribution in [0.15, 0.2) is 484 Å². The highest BCUT2D eigenvalue weighted by Gasteiger charge is 2.26. The molecule has 0 unspecified atom stereocenters. The lowest BCUT2D eigenvalue weighted by Crippen LogP contribution is -1.95. The summed E-state index contributed by atoms with van der Waals surface area (Å²) in [4.78, 5) is 4.63. The van der Waals surface area contributed by atoms with E-state index >= 15 is 0 Å². The van der Waals surface area contributed by atoms with E-state index in [2.05, 4.69) is 501 Å². The SMILES string of the molecule is Cc1ccc(-c2ccc3ccc4c(-c5ccc(-n6c7ccccc7c7c8ccccc8c8ccccc8c76)cc5)ccc5ccc2c3c54)cc1.Cc1ccc(-c2ccc3ccc4c(-c5ccc(-n6c7ccccc7c7c8oc9ccccc9c8ccc76)cc5)ccc5ccc2c3c54)cc1.Cc1ccc(-c2ccc3ccc4c(-c5ccc(-n6c7ccccc7c7cc8ncccc8cc76)cc5)ccc5ccc2c3c54)cc1.